The zero-order chi connectivity index (χ0) is 13.0. The van der Waals surface area contributed by atoms with Crippen molar-refractivity contribution in [2.75, 3.05) is 11.9 Å². The summed E-state index contributed by atoms with van der Waals surface area (Å²) < 4.78 is 0. The Kier molecular flexibility index (Phi) is 4.72. The van der Waals surface area contributed by atoms with E-state index in [1.807, 2.05) is 6.20 Å². The normalized spacial score (nSPS) is 11.1. The smallest absolute Gasteiger partial charge is 0.183 e. The zero-order valence-corrected chi connectivity index (χ0v) is 12.7. The van der Waals surface area contributed by atoms with Gasteiger partial charge in [0, 0.05) is 18.1 Å². The van der Waals surface area contributed by atoms with Gasteiger partial charge in [-0.2, -0.15) is 0 Å². The largest absolute Gasteiger partial charge is 0.361 e. The van der Waals surface area contributed by atoms with Crippen LogP contribution in [0.1, 0.15) is 32.2 Å². The summed E-state index contributed by atoms with van der Waals surface area (Å²) in [5.74, 6) is 0.636. The second-order valence-electron chi connectivity index (χ2n) is 4.68. The minimum atomic E-state index is 0.636. The van der Waals surface area contributed by atoms with Crippen molar-refractivity contribution < 1.29 is 0 Å². The lowest BCUT2D eigenvalue weighted by Crippen LogP contribution is -2.07. The number of hydrogen-bond acceptors (Lipinski definition) is 5. The molecular weight excluding hydrogens is 262 g/mol. The molecule has 2 heterocycles. The molecule has 3 nitrogen and oxygen atoms in total. The van der Waals surface area contributed by atoms with Crippen molar-refractivity contribution in [2.24, 2.45) is 5.92 Å². The first-order valence-corrected chi connectivity index (χ1v) is 8.03. The fourth-order valence-corrected chi connectivity index (χ4v) is 3.29. The summed E-state index contributed by atoms with van der Waals surface area (Å²) in [6.07, 6.45) is 4.15. The van der Waals surface area contributed by atoms with Gasteiger partial charge in [0.05, 0.1) is 15.6 Å². The number of nitrogens with one attached hydrogen (secondary N) is 1. The number of rotatable bonds is 6. The summed E-state index contributed by atoms with van der Waals surface area (Å²) in [6, 6.07) is 0. The average molecular weight is 281 g/mol. The lowest BCUT2D eigenvalue weighted by atomic mass is 10.2. The molecule has 0 spiro atoms. The van der Waals surface area contributed by atoms with Crippen LogP contribution in [-0.4, -0.2) is 16.5 Å². The molecule has 98 valence electrons. The number of thiazole rings is 2. The fraction of sp³-hybridized carbons (Fsp3) is 0.538. The van der Waals surface area contributed by atoms with Gasteiger partial charge in [-0.05, 0) is 18.8 Å². The van der Waals surface area contributed by atoms with Crippen molar-refractivity contribution in [3.63, 3.8) is 0 Å². The maximum atomic E-state index is 4.60. The van der Waals surface area contributed by atoms with Crippen LogP contribution in [-0.2, 0) is 6.42 Å². The van der Waals surface area contributed by atoms with Crippen LogP contribution in [0.2, 0.25) is 0 Å². The van der Waals surface area contributed by atoms with Crippen molar-refractivity contribution in [2.45, 2.75) is 33.6 Å². The number of aromatic nitrogens is 2. The Morgan fingerprint density at radius 1 is 1.39 bits per heavy atom. The van der Waals surface area contributed by atoms with E-state index < -0.39 is 0 Å². The molecule has 2 aromatic heterocycles. The van der Waals surface area contributed by atoms with Crippen LogP contribution in [0.3, 0.4) is 0 Å². The molecular formula is C13H19N3S2. The maximum Gasteiger partial charge on any atom is 0.183 e. The zero-order valence-electron chi connectivity index (χ0n) is 11.1. The molecule has 0 aliphatic rings. The molecule has 0 fully saturated rings. The molecule has 0 atom stereocenters. The molecule has 0 aliphatic heterocycles. The highest BCUT2D eigenvalue weighted by molar-refractivity contribution is 7.16. The van der Waals surface area contributed by atoms with Crippen LogP contribution in [0.5, 0.6) is 0 Å². The Bertz CT molecular complexity index is 488. The Morgan fingerprint density at radius 2 is 2.22 bits per heavy atom. The van der Waals surface area contributed by atoms with Crippen LogP contribution >= 0.6 is 22.7 Å². The predicted octanol–water partition coefficient (Wildman–Crippen LogP) is 4.29. The Labute approximate surface area is 116 Å². The molecule has 5 heteroatoms. The standard InChI is InChI=1S/C13H19N3S2/c1-4-5-12-14-7-11(18-12)10-8-17-13(16-10)15-6-9(2)3/h7-9H,4-6H2,1-3H3,(H,15,16). The maximum absolute atomic E-state index is 4.60. The van der Waals surface area contributed by atoms with E-state index in [-0.39, 0.29) is 0 Å². The molecule has 2 aromatic rings. The van der Waals surface area contributed by atoms with E-state index in [1.54, 1.807) is 22.7 Å². The Morgan fingerprint density at radius 3 is 2.94 bits per heavy atom. The van der Waals surface area contributed by atoms with Gasteiger partial charge in [0.15, 0.2) is 5.13 Å². The van der Waals surface area contributed by atoms with Crippen LogP contribution in [0.15, 0.2) is 11.6 Å². The van der Waals surface area contributed by atoms with Crippen molar-refractivity contribution in [3.05, 3.63) is 16.6 Å². The molecule has 0 unspecified atom stereocenters. The van der Waals surface area contributed by atoms with Gasteiger partial charge in [0.1, 0.15) is 0 Å². The lowest BCUT2D eigenvalue weighted by molar-refractivity contribution is 0.688. The Balaban J connectivity index is 2.04. The first kappa shape index (κ1) is 13.5. The van der Waals surface area contributed by atoms with E-state index in [4.69, 9.17) is 0 Å². The summed E-state index contributed by atoms with van der Waals surface area (Å²) in [6.45, 7) is 7.54. The quantitative estimate of drug-likeness (QED) is 0.858. The highest BCUT2D eigenvalue weighted by Crippen LogP contribution is 2.29. The molecule has 18 heavy (non-hydrogen) atoms. The molecule has 1 N–H and O–H groups in total. The topological polar surface area (TPSA) is 37.8 Å². The van der Waals surface area contributed by atoms with Crippen LogP contribution in [0, 0.1) is 5.92 Å². The fourth-order valence-electron chi connectivity index (χ4n) is 1.52. The SMILES string of the molecule is CCCc1ncc(-c2csc(NCC(C)C)n2)s1. The van der Waals surface area contributed by atoms with E-state index in [0.29, 0.717) is 5.92 Å². The second-order valence-corrected chi connectivity index (χ2v) is 6.65. The number of anilines is 1. The Hall–Kier alpha value is -0.940. The summed E-state index contributed by atoms with van der Waals surface area (Å²) >= 11 is 3.42. The predicted molar refractivity (Wildman–Crippen MR) is 80.5 cm³/mol. The molecule has 0 bridgehead atoms. The summed E-state index contributed by atoms with van der Waals surface area (Å²) in [5, 5.41) is 7.67. The first-order valence-electron chi connectivity index (χ1n) is 6.33. The molecule has 0 aromatic carbocycles. The summed E-state index contributed by atoms with van der Waals surface area (Å²) in [7, 11) is 0. The van der Waals surface area contributed by atoms with E-state index >= 15 is 0 Å². The third-order valence-corrected chi connectivity index (χ3v) is 4.32. The van der Waals surface area contributed by atoms with E-state index in [2.05, 4.69) is 41.4 Å². The van der Waals surface area contributed by atoms with Crippen LogP contribution < -0.4 is 5.32 Å². The number of aryl methyl sites for hydroxylation is 1. The highest BCUT2D eigenvalue weighted by Gasteiger charge is 2.08. The van der Waals surface area contributed by atoms with Gasteiger partial charge >= 0.3 is 0 Å². The van der Waals surface area contributed by atoms with Gasteiger partial charge in [0.2, 0.25) is 0 Å². The molecule has 0 radical (unpaired) electrons. The van der Waals surface area contributed by atoms with Gasteiger partial charge < -0.3 is 5.32 Å². The van der Waals surface area contributed by atoms with Gasteiger partial charge in [-0.25, -0.2) is 9.97 Å². The van der Waals surface area contributed by atoms with Crippen molar-refractivity contribution >= 4 is 27.8 Å². The molecule has 0 amide bonds. The van der Waals surface area contributed by atoms with Gasteiger partial charge in [-0.15, -0.1) is 22.7 Å². The first-order chi connectivity index (χ1) is 8.69. The number of hydrogen-bond donors (Lipinski definition) is 1. The third-order valence-electron chi connectivity index (χ3n) is 2.44. The van der Waals surface area contributed by atoms with Crippen LogP contribution in [0.25, 0.3) is 10.6 Å². The van der Waals surface area contributed by atoms with Crippen molar-refractivity contribution in [3.8, 4) is 10.6 Å². The lowest BCUT2D eigenvalue weighted by Gasteiger charge is -2.04. The number of nitrogens with zero attached hydrogens (tertiary/aromatic N) is 2. The molecule has 0 saturated carbocycles. The third kappa shape index (κ3) is 3.53. The molecule has 0 saturated heterocycles. The van der Waals surface area contributed by atoms with Gasteiger partial charge in [-0.1, -0.05) is 20.8 Å². The van der Waals surface area contributed by atoms with Gasteiger partial charge in [-0.3, -0.25) is 0 Å². The van der Waals surface area contributed by atoms with Crippen molar-refractivity contribution in [1.29, 1.82) is 0 Å². The second kappa shape index (κ2) is 6.29. The highest BCUT2D eigenvalue weighted by atomic mass is 32.1. The molecule has 0 aliphatic carbocycles. The van der Waals surface area contributed by atoms with Crippen LogP contribution in [0.4, 0.5) is 5.13 Å². The molecule has 2 rings (SSSR count). The van der Waals surface area contributed by atoms with Crippen molar-refractivity contribution in [1.82, 2.24) is 9.97 Å². The van der Waals surface area contributed by atoms with E-state index in [1.165, 1.54) is 9.88 Å². The van der Waals surface area contributed by atoms with E-state index in [0.717, 1.165) is 30.2 Å². The minimum Gasteiger partial charge on any atom is -0.361 e. The van der Waals surface area contributed by atoms with Gasteiger partial charge in [0.25, 0.3) is 0 Å². The minimum absolute atomic E-state index is 0.636. The van der Waals surface area contributed by atoms with E-state index in [9.17, 15) is 0 Å². The average Bonchev–Trinajstić information content (AvgIpc) is 2.94. The summed E-state index contributed by atoms with van der Waals surface area (Å²) in [5.41, 5.74) is 1.05. The summed E-state index contributed by atoms with van der Waals surface area (Å²) in [4.78, 5) is 10.2. The monoisotopic (exact) mass is 281 g/mol.